The molecule has 2 N–H and O–H groups in total. The fourth-order valence-corrected chi connectivity index (χ4v) is 7.21. The van der Waals surface area contributed by atoms with E-state index >= 15 is 0 Å². The van der Waals surface area contributed by atoms with Crippen LogP contribution in [0.2, 0.25) is 0 Å². The van der Waals surface area contributed by atoms with Crippen molar-refractivity contribution in [3.8, 4) is 11.5 Å². The van der Waals surface area contributed by atoms with Crippen LogP contribution in [0.25, 0.3) is 0 Å². The molecule has 2 heterocycles. The van der Waals surface area contributed by atoms with Gasteiger partial charge in [-0.05, 0) is 24.3 Å². The Hall–Kier alpha value is -5.80. The Balaban J connectivity index is 1.92. The summed E-state index contributed by atoms with van der Waals surface area (Å²) in [5.41, 5.74) is 5.42. The number of esters is 6. The summed E-state index contributed by atoms with van der Waals surface area (Å²) in [4.78, 5) is 86.4. The Kier molecular flexibility index (Phi) is 16.8. The molecule has 2 aromatic rings. The number of carbonyl (C=O) groups is 7. The van der Waals surface area contributed by atoms with Gasteiger partial charge in [-0.3, -0.25) is 28.8 Å². The molecule has 0 radical (unpaired) electrons. The van der Waals surface area contributed by atoms with Gasteiger partial charge < -0.3 is 62.1 Å². The average Bonchev–Trinajstić information content (AvgIpc) is 3.14. The zero-order valence-corrected chi connectivity index (χ0v) is 34.0. The summed E-state index contributed by atoms with van der Waals surface area (Å²) in [5, 5.41) is 0. The van der Waals surface area contributed by atoms with E-state index in [1.54, 1.807) is 36.4 Å². The molecule has 60 heavy (non-hydrogen) atoms. The van der Waals surface area contributed by atoms with E-state index in [0.29, 0.717) is 0 Å². The molecule has 2 aliphatic heterocycles. The topological polar surface area (TPSA) is 283 Å². The van der Waals surface area contributed by atoms with Gasteiger partial charge in [-0.15, -0.1) is 0 Å². The largest absolute Gasteiger partial charge is 0.590 e. The molecule has 2 aliphatic rings. The molecule has 0 bridgehead atoms. The maximum Gasteiger partial charge on any atom is 0.590 e. The van der Waals surface area contributed by atoms with Gasteiger partial charge in [0.15, 0.2) is 42.9 Å². The molecule has 328 valence electrons. The van der Waals surface area contributed by atoms with Gasteiger partial charge in [-0.2, -0.15) is 0 Å². The summed E-state index contributed by atoms with van der Waals surface area (Å²) in [6, 6.07) is 15.2. The number of ether oxygens (including phenoxy) is 10. The lowest BCUT2D eigenvalue weighted by Gasteiger charge is -2.48. The normalized spacial score (nSPS) is 26.2. The van der Waals surface area contributed by atoms with Gasteiger partial charge in [-0.25, -0.2) is 13.9 Å². The molecule has 0 aliphatic carbocycles. The van der Waals surface area contributed by atoms with Crippen LogP contribution in [0, 0.1) is 0 Å². The number of primary amides is 1. The summed E-state index contributed by atoms with van der Waals surface area (Å²) in [5.74, 6) is -5.61. The third-order valence-electron chi connectivity index (χ3n) is 7.99. The van der Waals surface area contributed by atoms with E-state index in [4.69, 9.17) is 66.7 Å². The second-order valence-electron chi connectivity index (χ2n) is 12.9. The van der Waals surface area contributed by atoms with Crippen molar-refractivity contribution < 1.29 is 99.1 Å². The molecule has 0 aromatic heterocycles. The van der Waals surface area contributed by atoms with Crippen LogP contribution in [0.1, 0.15) is 41.5 Å². The number of amides is 1. The van der Waals surface area contributed by atoms with Crippen molar-refractivity contribution in [2.24, 2.45) is 5.73 Å². The van der Waals surface area contributed by atoms with Crippen LogP contribution in [0.5, 0.6) is 11.5 Å². The lowest BCUT2D eigenvalue weighted by atomic mass is 9.96. The Morgan fingerprint density at radius 2 is 0.900 bits per heavy atom. The fraction of sp³-hybridized carbons (Fsp3) is 0.486. The van der Waals surface area contributed by atoms with Crippen LogP contribution in [0.3, 0.4) is 0 Å². The molecule has 2 fully saturated rings. The van der Waals surface area contributed by atoms with E-state index in [0.717, 1.165) is 41.5 Å². The number of para-hydroxylation sites is 2. The van der Waals surface area contributed by atoms with Crippen LogP contribution in [-0.2, 0) is 85.2 Å². The molecular weight excluding hydrogens is 825 g/mol. The summed E-state index contributed by atoms with van der Waals surface area (Å²) in [7, 11) is -5.01. The van der Waals surface area contributed by atoms with Crippen molar-refractivity contribution in [3.05, 3.63) is 60.7 Å². The average molecular weight is 870 g/mol. The summed E-state index contributed by atoms with van der Waals surface area (Å²) >= 11 is 0. The smallest absolute Gasteiger partial charge is 0.463 e. The number of rotatable bonds is 17. The van der Waals surface area contributed by atoms with Crippen LogP contribution in [0.4, 0.5) is 4.79 Å². The standard InChI is InChI=1S/C37H44NO21P/c1-19(39)47-17-27-29(49-21(3)41)31(51-23(5)43)33(56-37(38)45)35(53-27)55-34-32(52-24(6)44)30(50-22(4)42)28(18-48-20(2)40)54-36(34)59-60(46,57-25-13-9-7-10-14-25)58-26-15-11-8-12-16-26/h7-16,27-36H,17-18H2,1-6H3,(H2,38,45)/t27-,28+,29-,30-,31+,32+,33+,34+,35-,36-/m1/s1. The van der Waals surface area contributed by atoms with E-state index in [9.17, 15) is 38.1 Å². The third-order valence-corrected chi connectivity index (χ3v) is 9.32. The Labute approximate surface area is 342 Å². The van der Waals surface area contributed by atoms with Crippen molar-refractivity contribution in [3.63, 3.8) is 0 Å². The number of benzene rings is 2. The predicted molar refractivity (Wildman–Crippen MR) is 195 cm³/mol. The number of phosphoric acid groups is 1. The first kappa shape index (κ1) is 46.9. The number of hydrogen-bond acceptors (Lipinski definition) is 21. The number of carbonyl (C=O) groups excluding carboxylic acids is 7. The maximum absolute atomic E-state index is 14.8. The Morgan fingerprint density at radius 1 is 0.517 bits per heavy atom. The quantitative estimate of drug-likeness (QED) is 0.136. The van der Waals surface area contributed by atoms with Crippen molar-refractivity contribution in [1.29, 1.82) is 0 Å². The zero-order chi connectivity index (χ0) is 44.1. The summed E-state index contributed by atoms with van der Waals surface area (Å²) in [6.07, 6.45) is -19.9. The molecule has 2 saturated heterocycles. The zero-order valence-electron chi connectivity index (χ0n) is 33.1. The minimum absolute atomic E-state index is 0.0320. The van der Waals surface area contributed by atoms with E-state index in [-0.39, 0.29) is 11.5 Å². The van der Waals surface area contributed by atoms with Crippen LogP contribution in [0.15, 0.2) is 60.7 Å². The van der Waals surface area contributed by atoms with Gasteiger partial charge in [0.2, 0.25) is 6.29 Å². The minimum Gasteiger partial charge on any atom is -0.463 e. The van der Waals surface area contributed by atoms with Crippen molar-refractivity contribution >= 4 is 49.7 Å². The first-order valence-corrected chi connectivity index (χ1v) is 19.5. The molecule has 1 amide bonds. The second-order valence-corrected chi connectivity index (χ2v) is 14.3. The molecule has 4 rings (SSSR count). The molecule has 0 unspecified atom stereocenters. The first-order chi connectivity index (χ1) is 28.3. The van der Waals surface area contributed by atoms with E-state index in [1.165, 1.54) is 24.3 Å². The second kappa shape index (κ2) is 21.5. The fourth-order valence-electron chi connectivity index (χ4n) is 5.91. The van der Waals surface area contributed by atoms with Crippen molar-refractivity contribution in [2.45, 2.75) is 103 Å². The van der Waals surface area contributed by atoms with Crippen molar-refractivity contribution in [2.75, 3.05) is 13.2 Å². The van der Waals surface area contributed by atoms with E-state index in [1.807, 2.05) is 0 Å². The van der Waals surface area contributed by atoms with Gasteiger partial charge in [0, 0.05) is 41.5 Å². The monoisotopic (exact) mass is 869 g/mol. The first-order valence-electron chi connectivity index (χ1n) is 18.0. The highest BCUT2D eigenvalue weighted by Gasteiger charge is 2.59. The molecule has 0 saturated carbocycles. The highest BCUT2D eigenvalue weighted by Crippen LogP contribution is 2.52. The van der Waals surface area contributed by atoms with Crippen LogP contribution >= 0.6 is 7.82 Å². The van der Waals surface area contributed by atoms with Crippen LogP contribution in [-0.4, -0.2) is 117 Å². The third kappa shape index (κ3) is 13.9. The lowest BCUT2D eigenvalue weighted by Crippen LogP contribution is -2.67. The van der Waals surface area contributed by atoms with E-state index < -0.39 is 124 Å². The Bertz CT molecular complexity index is 1830. The number of hydrogen-bond donors (Lipinski definition) is 1. The molecular formula is C37H44NO21P. The minimum atomic E-state index is -5.01. The lowest BCUT2D eigenvalue weighted by molar-refractivity contribution is -0.359. The van der Waals surface area contributed by atoms with Crippen molar-refractivity contribution in [1.82, 2.24) is 0 Å². The predicted octanol–water partition coefficient (Wildman–Crippen LogP) is 2.42. The molecule has 2 aromatic carbocycles. The highest BCUT2D eigenvalue weighted by molar-refractivity contribution is 7.49. The highest BCUT2D eigenvalue weighted by atomic mass is 31.2. The van der Waals surface area contributed by atoms with Crippen LogP contribution < -0.4 is 14.8 Å². The van der Waals surface area contributed by atoms with Gasteiger partial charge >= 0.3 is 49.7 Å². The summed E-state index contributed by atoms with van der Waals surface area (Å²) in [6.45, 7) is 4.70. The SMILES string of the molecule is CC(=O)OC[C@@H]1O[C@H](OP(=O)(Oc2ccccc2)Oc2ccccc2)[C@@H](O[C@H]2O[C@H](COC(C)=O)[C@@H](OC(C)=O)[C@H](OC(C)=O)[C@@H]2OC(N)=O)[C@@H](OC(C)=O)[C@@H]1OC(C)=O. The molecule has 0 spiro atoms. The maximum atomic E-state index is 14.8. The summed E-state index contributed by atoms with van der Waals surface area (Å²) < 4.78 is 88.5. The molecule has 23 heteroatoms. The number of phosphoric ester groups is 1. The van der Waals surface area contributed by atoms with Gasteiger partial charge in [0.05, 0.1) is 0 Å². The van der Waals surface area contributed by atoms with Gasteiger partial charge in [0.25, 0.3) is 0 Å². The van der Waals surface area contributed by atoms with Gasteiger partial charge in [0.1, 0.15) is 36.9 Å². The molecule has 10 atom stereocenters. The van der Waals surface area contributed by atoms with Gasteiger partial charge in [-0.1, -0.05) is 36.4 Å². The number of nitrogens with two attached hydrogens (primary N) is 1. The molecule has 22 nitrogen and oxygen atoms in total. The Morgan fingerprint density at radius 3 is 1.28 bits per heavy atom. The van der Waals surface area contributed by atoms with E-state index in [2.05, 4.69) is 0 Å².